The van der Waals surface area contributed by atoms with Crippen LogP contribution in [0.25, 0.3) is 0 Å². The summed E-state index contributed by atoms with van der Waals surface area (Å²) in [5.74, 6) is -1.36. The number of aliphatic hydroxyl groups excluding tert-OH is 1. The number of piperazine rings is 1. The monoisotopic (exact) mass is 285 g/mol. The molecule has 2 aliphatic rings. The molecule has 112 valence electrons. The minimum absolute atomic E-state index is 0.00957. The molecule has 2 heterocycles. The van der Waals surface area contributed by atoms with Crippen molar-refractivity contribution in [3.8, 4) is 0 Å². The number of hydrogen-bond donors (Lipinski definition) is 3. The molecule has 0 aliphatic carbocycles. The lowest BCUT2D eigenvalue weighted by atomic mass is 10.1. The number of amides is 3. The summed E-state index contributed by atoms with van der Waals surface area (Å²) in [5, 5.41) is 21.4. The molecule has 2 rings (SSSR count). The van der Waals surface area contributed by atoms with E-state index in [1.54, 1.807) is 6.92 Å². The maximum absolute atomic E-state index is 12.5. The van der Waals surface area contributed by atoms with E-state index in [4.69, 9.17) is 5.11 Å². The zero-order chi connectivity index (χ0) is 14.9. The Morgan fingerprint density at radius 3 is 2.70 bits per heavy atom. The highest BCUT2D eigenvalue weighted by Crippen LogP contribution is 2.22. The first-order chi connectivity index (χ1) is 9.45. The van der Waals surface area contributed by atoms with Crippen LogP contribution in [0.3, 0.4) is 0 Å². The van der Waals surface area contributed by atoms with Gasteiger partial charge in [0.1, 0.15) is 12.1 Å². The topological polar surface area (TPSA) is 110 Å². The second-order valence-electron chi connectivity index (χ2n) is 5.09. The lowest BCUT2D eigenvalue weighted by Crippen LogP contribution is -2.60. The first-order valence-electron chi connectivity index (χ1n) is 6.71. The molecule has 0 radical (unpaired) electrons. The number of carboxylic acid groups (broad SMARTS) is 1. The van der Waals surface area contributed by atoms with Crippen molar-refractivity contribution < 1.29 is 24.6 Å². The maximum atomic E-state index is 12.5. The summed E-state index contributed by atoms with van der Waals surface area (Å²) in [6.07, 6.45) is -0.345. The third-order valence-corrected chi connectivity index (χ3v) is 3.77. The Morgan fingerprint density at radius 1 is 1.40 bits per heavy atom. The Labute approximate surface area is 116 Å². The molecule has 3 N–H and O–H groups in total. The van der Waals surface area contributed by atoms with Crippen LogP contribution in [0.5, 0.6) is 0 Å². The number of likely N-dealkylation sites (tertiary alicyclic amines) is 1. The van der Waals surface area contributed by atoms with E-state index in [2.05, 4.69) is 5.32 Å². The Bertz CT molecular complexity index is 421. The number of aliphatic hydroxyl groups is 1. The summed E-state index contributed by atoms with van der Waals surface area (Å²) in [6, 6.07) is -2.10. The quantitative estimate of drug-likeness (QED) is 0.592. The van der Waals surface area contributed by atoms with E-state index in [0.717, 1.165) is 4.90 Å². The summed E-state index contributed by atoms with van der Waals surface area (Å²) in [7, 11) is 0. The van der Waals surface area contributed by atoms with E-state index in [-0.39, 0.29) is 18.9 Å². The third kappa shape index (κ3) is 2.55. The largest absolute Gasteiger partial charge is 0.480 e. The van der Waals surface area contributed by atoms with Gasteiger partial charge in [-0.2, -0.15) is 0 Å². The molecule has 20 heavy (non-hydrogen) atoms. The van der Waals surface area contributed by atoms with E-state index in [0.29, 0.717) is 19.5 Å². The number of nitrogens with one attached hydrogen (secondary N) is 1. The van der Waals surface area contributed by atoms with Crippen molar-refractivity contribution in [2.45, 2.75) is 38.0 Å². The Morgan fingerprint density at radius 2 is 2.10 bits per heavy atom. The van der Waals surface area contributed by atoms with Crippen LogP contribution >= 0.6 is 0 Å². The van der Waals surface area contributed by atoms with E-state index in [1.807, 2.05) is 0 Å². The molecule has 2 aliphatic heterocycles. The smallest absolute Gasteiger partial charge is 0.326 e. The predicted octanol–water partition coefficient (Wildman–Crippen LogP) is -1.16. The van der Waals surface area contributed by atoms with Gasteiger partial charge in [0, 0.05) is 26.1 Å². The molecule has 2 fully saturated rings. The molecule has 0 spiro atoms. The predicted molar refractivity (Wildman–Crippen MR) is 67.9 cm³/mol. The lowest BCUT2D eigenvalue weighted by Gasteiger charge is -2.37. The van der Waals surface area contributed by atoms with E-state index in [9.17, 15) is 19.5 Å². The molecule has 3 atom stereocenters. The highest BCUT2D eigenvalue weighted by molar-refractivity contribution is 5.90. The van der Waals surface area contributed by atoms with Crippen LogP contribution in [0.15, 0.2) is 0 Å². The zero-order valence-corrected chi connectivity index (χ0v) is 11.3. The minimum Gasteiger partial charge on any atom is -0.480 e. The molecule has 0 saturated carbocycles. The van der Waals surface area contributed by atoms with Gasteiger partial charge in [-0.05, 0) is 6.42 Å². The Hall–Kier alpha value is -1.83. The molecule has 1 unspecified atom stereocenters. The number of carbonyl (C=O) groups is 3. The van der Waals surface area contributed by atoms with Crippen molar-refractivity contribution in [2.24, 2.45) is 0 Å². The molecule has 0 bridgehead atoms. The van der Waals surface area contributed by atoms with Gasteiger partial charge >= 0.3 is 12.0 Å². The van der Waals surface area contributed by atoms with Crippen molar-refractivity contribution in [1.82, 2.24) is 15.1 Å². The average molecular weight is 285 g/mol. The van der Waals surface area contributed by atoms with Gasteiger partial charge in [0.25, 0.3) is 0 Å². The summed E-state index contributed by atoms with van der Waals surface area (Å²) in [4.78, 5) is 37.9. The van der Waals surface area contributed by atoms with Crippen molar-refractivity contribution in [2.75, 3.05) is 19.6 Å². The maximum Gasteiger partial charge on any atom is 0.326 e. The lowest BCUT2D eigenvalue weighted by molar-refractivity contribution is -0.141. The van der Waals surface area contributed by atoms with Crippen LogP contribution in [0, 0.1) is 0 Å². The molecule has 8 heteroatoms. The second kappa shape index (κ2) is 5.66. The van der Waals surface area contributed by atoms with Gasteiger partial charge in [0.15, 0.2) is 0 Å². The summed E-state index contributed by atoms with van der Waals surface area (Å²) in [6.45, 7) is 2.49. The standard InChI is InChI=1S/C12H19N3O5/c1-2-8-10(17)13-3-4-14(8)12(20)15-6-7(16)5-9(15)11(18)19/h7-9,16H,2-6H2,1H3,(H,13,17)(H,18,19)/t7-,8?,9-/m0/s1. The Balaban J connectivity index is 2.16. The highest BCUT2D eigenvalue weighted by Gasteiger charge is 2.43. The second-order valence-corrected chi connectivity index (χ2v) is 5.09. The summed E-state index contributed by atoms with van der Waals surface area (Å²) in [5.41, 5.74) is 0. The third-order valence-electron chi connectivity index (χ3n) is 3.77. The average Bonchev–Trinajstić information content (AvgIpc) is 2.80. The van der Waals surface area contributed by atoms with Crippen molar-refractivity contribution in [3.63, 3.8) is 0 Å². The van der Waals surface area contributed by atoms with Crippen molar-refractivity contribution >= 4 is 17.9 Å². The van der Waals surface area contributed by atoms with Crippen molar-refractivity contribution in [3.05, 3.63) is 0 Å². The normalized spacial score (nSPS) is 30.3. The number of rotatable bonds is 2. The van der Waals surface area contributed by atoms with Crippen LogP contribution < -0.4 is 5.32 Å². The van der Waals surface area contributed by atoms with Crippen LogP contribution in [0.2, 0.25) is 0 Å². The fraction of sp³-hybridized carbons (Fsp3) is 0.750. The minimum atomic E-state index is -1.13. The number of nitrogens with zero attached hydrogens (tertiary/aromatic N) is 2. The van der Waals surface area contributed by atoms with E-state index >= 15 is 0 Å². The van der Waals surface area contributed by atoms with Crippen LogP contribution in [0.1, 0.15) is 19.8 Å². The number of carboxylic acids is 1. The molecule has 0 aromatic rings. The van der Waals surface area contributed by atoms with Crippen LogP contribution in [-0.2, 0) is 9.59 Å². The zero-order valence-electron chi connectivity index (χ0n) is 11.3. The van der Waals surface area contributed by atoms with Gasteiger partial charge in [0.05, 0.1) is 6.10 Å². The number of hydrogen-bond acceptors (Lipinski definition) is 4. The number of β-amino-alcohol motifs (C(OH)–C–C–N with tert-alkyl or cyclic N) is 1. The molecule has 0 aromatic carbocycles. The van der Waals surface area contributed by atoms with Gasteiger partial charge in [-0.15, -0.1) is 0 Å². The Kier molecular flexibility index (Phi) is 4.12. The number of carbonyl (C=O) groups excluding carboxylic acids is 2. The van der Waals surface area contributed by atoms with Gasteiger partial charge in [-0.25, -0.2) is 9.59 Å². The molecule has 3 amide bonds. The van der Waals surface area contributed by atoms with Gasteiger partial charge in [-0.1, -0.05) is 6.92 Å². The first-order valence-corrected chi connectivity index (χ1v) is 6.71. The summed E-state index contributed by atoms with van der Waals surface area (Å²) < 4.78 is 0. The molecular weight excluding hydrogens is 266 g/mol. The number of urea groups is 1. The van der Waals surface area contributed by atoms with E-state index < -0.39 is 30.2 Å². The SMILES string of the molecule is CCC1C(=O)NCCN1C(=O)N1C[C@@H](O)C[C@H]1C(=O)O. The van der Waals surface area contributed by atoms with Gasteiger partial charge in [-0.3, -0.25) is 4.79 Å². The molecular formula is C12H19N3O5. The summed E-state index contributed by atoms with van der Waals surface area (Å²) >= 11 is 0. The number of aliphatic carboxylic acids is 1. The van der Waals surface area contributed by atoms with Crippen LogP contribution in [-0.4, -0.2) is 75.7 Å². The van der Waals surface area contributed by atoms with E-state index in [1.165, 1.54) is 4.90 Å². The molecule has 2 saturated heterocycles. The van der Waals surface area contributed by atoms with Crippen molar-refractivity contribution in [1.29, 1.82) is 0 Å². The van der Waals surface area contributed by atoms with Gasteiger partial charge < -0.3 is 25.3 Å². The highest BCUT2D eigenvalue weighted by atomic mass is 16.4. The first kappa shape index (κ1) is 14.6. The fourth-order valence-corrected chi connectivity index (χ4v) is 2.77. The van der Waals surface area contributed by atoms with Gasteiger partial charge in [0.2, 0.25) is 5.91 Å². The fourth-order valence-electron chi connectivity index (χ4n) is 2.77. The molecule has 0 aromatic heterocycles. The molecule has 8 nitrogen and oxygen atoms in total. The van der Waals surface area contributed by atoms with Crippen LogP contribution in [0.4, 0.5) is 4.79 Å².